The Balaban J connectivity index is 1.88. The Hall–Kier alpha value is -0.940. The van der Waals surface area contributed by atoms with Gasteiger partial charge in [-0.2, -0.15) is 0 Å². The zero-order valence-corrected chi connectivity index (χ0v) is 13.6. The smallest absolute Gasteiger partial charge is 0.254 e. The fourth-order valence-corrected chi connectivity index (χ4v) is 3.98. The van der Waals surface area contributed by atoms with Crippen LogP contribution in [-0.4, -0.2) is 36.0 Å². The molecular formula is C16H20BrFN2O. The highest BCUT2D eigenvalue weighted by Gasteiger charge is 2.42. The van der Waals surface area contributed by atoms with E-state index in [-0.39, 0.29) is 17.3 Å². The second-order valence-electron chi connectivity index (χ2n) is 6.05. The van der Waals surface area contributed by atoms with Crippen LogP contribution in [0.25, 0.3) is 0 Å². The predicted molar refractivity (Wildman–Crippen MR) is 83.8 cm³/mol. The number of carbonyl (C=O) groups excluding carboxylic acids is 1. The van der Waals surface area contributed by atoms with Gasteiger partial charge in [0.05, 0.1) is 10.0 Å². The average molecular weight is 355 g/mol. The van der Waals surface area contributed by atoms with E-state index in [2.05, 4.69) is 21.2 Å². The predicted octanol–water partition coefficient (Wildman–Crippen LogP) is 3.34. The van der Waals surface area contributed by atoms with Crippen LogP contribution in [0.5, 0.6) is 0 Å². The Morgan fingerprint density at radius 2 is 2.05 bits per heavy atom. The van der Waals surface area contributed by atoms with Crippen LogP contribution in [0, 0.1) is 5.82 Å². The summed E-state index contributed by atoms with van der Waals surface area (Å²) in [6.45, 7) is 2.44. The van der Waals surface area contributed by atoms with Crippen molar-refractivity contribution in [2.75, 3.05) is 19.6 Å². The maximum atomic E-state index is 13.4. The number of benzene rings is 1. The number of hydrogen-bond acceptors (Lipinski definition) is 2. The van der Waals surface area contributed by atoms with Crippen molar-refractivity contribution in [3.05, 3.63) is 34.1 Å². The Kier molecular flexibility index (Phi) is 4.31. The minimum atomic E-state index is -0.334. The number of halogens is 2. The summed E-state index contributed by atoms with van der Waals surface area (Å²) in [6, 6.07) is 4.53. The van der Waals surface area contributed by atoms with Crippen molar-refractivity contribution in [2.45, 2.75) is 37.6 Å². The van der Waals surface area contributed by atoms with Gasteiger partial charge >= 0.3 is 0 Å². The van der Waals surface area contributed by atoms with Crippen molar-refractivity contribution in [2.24, 2.45) is 0 Å². The van der Waals surface area contributed by atoms with Gasteiger partial charge in [0.15, 0.2) is 0 Å². The molecule has 0 bridgehead atoms. The van der Waals surface area contributed by atoms with Gasteiger partial charge in [0, 0.05) is 25.2 Å². The average Bonchev–Trinajstić information content (AvgIpc) is 2.51. The number of nitrogens with zero attached hydrogens (tertiary/aromatic N) is 1. The molecule has 2 fully saturated rings. The van der Waals surface area contributed by atoms with Crippen molar-refractivity contribution in [1.82, 2.24) is 10.2 Å². The standard InChI is InChI=1S/C16H20BrFN2O/c17-13-10-12(4-5-14(13)18)15(21)20-9-8-19-11-16(20)6-2-1-3-7-16/h4-5,10,19H,1-3,6-9,11H2. The summed E-state index contributed by atoms with van der Waals surface area (Å²) in [5.74, 6) is -0.307. The molecule has 3 nitrogen and oxygen atoms in total. The highest BCUT2D eigenvalue weighted by atomic mass is 79.9. The molecule has 1 aliphatic carbocycles. The van der Waals surface area contributed by atoms with Gasteiger partial charge in [0.25, 0.3) is 5.91 Å². The molecule has 2 aliphatic rings. The van der Waals surface area contributed by atoms with Crippen LogP contribution in [0.2, 0.25) is 0 Å². The second-order valence-corrected chi connectivity index (χ2v) is 6.90. The monoisotopic (exact) mass is 354 g/mol. The molecule has 1 amide bonds. The molecule has 5 heteroatoms. The first-order valence-corrected chi connectivity index (χ1v) is 8.39. The Morgan fingerprint density at radius 1 is 1.29 bits per heavy atom. The molecule has 1 saturated heterocycles. The van der Waals surface area contributed by atoms with E-state index in [0.29, 0.717) is 10.0 Å². The van der Waals surface area contributed by atoms with Crippen LogP contribution >= 0.6 is 15.9 Å². The number of rotatable bonds is 1. The first-order chi connectivity index (χ1) is 10.1. The summed E-state index contributed by atoms with van der Waals surface area (Å²) >= 11 is 3.17. The topological polar surface area (TPSA) is 32.3 Å². The van der Waals surface area contributed by atoms with Crippen LogP contribution in [0.3, 0.4) is 0 Å². The number of carbonyl (C=O) groups is 1. The number of hydrogen-bond donors (Lipinski definition) is 1. The third kappa shape index (κ3) is 2.86. The molecule has 1 spiro atoms. The molecular weight excluding hydrogens is 335 g/mol. The van der Waals surface area contributed by atoms with E-state index in [1.165, 1.54) is 25.3 Å². The van der Waals surface area contributed by atoms with E-state index in [9.17, 15) is 9.18 Å². The number of nitrogens with one attached hydrogen (secondary N) is 1. The van der Waals surface area contributed by atoms with Crippen LogP contribution in [-0.2, 0) is 0 Å². The van der Waals surface area contributed by atoms with Crippen LogP contribution in [0.1, 0.15) is 42.5 Å². The lowest BCUT2D eigenvalue weighted by Gasteiger charge is -2.49. The molecule has 1 saturated carbocycles. The van der Waals surface area contributed by atoms with E-state index in [0.717, 1.165) is 32.5 Å². The van der Waals surface area contributed by atoms with Gasteiger partial charge in [-0.3, -0.25) is 4.79 Å². The number of piperazine rings is 1. The van der Waals surface area contributed by atoms with Crippen molar-refractivity contribution < 1.29 is 9.18 Å². The van der Waals surface area contributed by atoms with Gasteiger partial charge in [0.1, 0.15) is 5.82 Å². The summed E-state index contributed by atoms with van der Waals surface area (Å²) < 4.78 is 13.7. The fraction of sp³-hybridized carbons (Fsp3) is 0.562. The maximum absolute atomic E-state index is 13.4. The Bertz CT molecular complexity index is 535. The van der Waals surface area contributed by atoms with Crippen LogP contribution < -0.4 is 5.32 Å². The molecule has 1 aliphatic heterocycles. The molecule has 114 valence electrons. The lowest BCUT2D eigenvalue weighted by Crippen LogP contribution is -2.63. The van der Waals surface area contributed by atoms with Gasteiger partial charge in [-0.05, 0) is 47.0 Å². The van der Waals surface area contributed by atoms with Gasteiger partial charge in [-0.15, -0.1) is 0 Å². The third-order valence-corrected chi connectivity index (χ3v) is 5.34. The summed E-state index contributed by atoms with van der Waals surface area (Å²) in [6.07, 6.45) is 5.74. The van der Waals surface area contributed by atoms with Gasteiger partial charge in [-0.1, -0.05) is 19.3 Å². The first-order valence-electron chi connectivity index (χ1n) is 7.60. The van der Waals surface area contributed by atoms with Gasteiger partial charge in [-0.25, -0.2) is 4.39 Å². The highest BCUT2D eigenvalue weighted by molar-refractivity contribution is 9.10. The number of amides is 1. The lowest BCUT2D eigenvalue weighted by molar-refractivity contribution is 0.0222. The summed E-state index contributed by atoms with van der Waals surface area (Å²) in [5, 5.41) is 3.44. The Morgan fingerprint density at radius 3 is 2.76 bits per heavy atom. The van der Waals surface area contributed by atoms with Crippen LogP contribution in [0.15, 0.2) is 22.7 Å². The summed E-state index contributed by atoms with van der Waals surface area (Å²) in [5.41, 5.74) is 0.518. The molecule has 1 N–H and O–H groups in total. The van der Waals surface area contributed by atoms with Crippen molar-refractivity contribution in [1.29, 1.82) is 0 Å². The van der Waals surface area contributed by atoms with Gasteiger partial charge in [0.2, 0.25) is 0 Å². The van der Waals surface area contributed by atoms with Crippen molar-refractivity contribution in [3.8, 4) is 0 Å². The molecule has 1 aromatic carbocycles. The third-order valence-electron chi connectivity index (χ3n) is 4.73. The van der Waals surface area contributed by atoms with Crippen molar-refractivity contribution in [3.63, 3.8) is 0 Å². The van der Waals surface area contributed by atoms with Crippen molar-refractivity contribution >= 4 is 21.8 Å². The molecule has 1 heterocycles. The molecule has 0 radical (unpaired) electrons. The quantitative estimate of drug-likeness (QED) is 0.838. The van der Waals surface area contributed by atoms with E-state index < -0.39 is 0 Å². The highest BCUT2D eigenvalue weighted by Crippen LogP contribution is 2.35. The molecule has 1 aromatic rings. The lowest BCUT2D eigenvalue weighted by atomic mass is 9.78. The SMILES string of the molecule is O=C(c1ccc(F)c(Br)c1)N1CCNCC12CCCCC2. The van der Waals surface area contributed by atoms with E-state index in [4.69, 9.17) is 0 Å². The fourth-order valence-electron chi connectivity index (χ4n) is 3.60. The van der Waals surface area contributed by atoms with Gasteiger partial charge < -0.3 is 10.2 Å². The first kappa shape index (κ1) is 15.0. The van der Waals surface area contributed by atoms with E-state index in [1.54, 1.807) is 12.1 Å². The summed E-state index contributed by atoms with van der Waals surface area (Å²) in [7, 11) is 0. The molecule has 0 atom stereocenters. The normalized spacial score (nSPS) is 21.5. The Labute approximate surface area is 133 Å². The molecule has 0 aromatic heterocycles. The maximum Gasteiger partial charge on any atom is 0.254 e. The summed E-state index contributed by atoms with van der Waals surface area (Å²) in [4.78, 5) is 14.9. The molecule has 0 unspecified atom stereocenters. The zero-order valence-electron chi connectivity index (χ0n) is 12.0. The van der Waals surface area contributed by atoms with E-state index >= 15 is 0 Å². The van der Waals surface area contributed by atoms with E-state index in [1.807, 2.05) is 4.90 Å². The minimum Gasteiger partial charge on any atom is -0.330 e. The zero-order chi connectivity index (χ0) is 14.9. The minimum absolute atomic E-state index is 0.0269. The largest absolute Gasteiger partial charge is 0.330 e. The molecule has 3 rings (SSSR count). The van der Waals surface area contributed by atoms with Crippen LogP contribution in [0.4, 0.5) is 4.39 Å². The second kappa shape index (κ2) is 6.05. The molecule has 21 heavy (non-hydrogen) atoms.